The summed E-state index contributed by atoms with van der Waals surface area (Å²) in [6.45, 7) is 0. The molecule has 5 heavy (non-hydrogen) atoms. The van der Waals surface area contributed by atoms with Crippen LogP contribution < -0.4 is 0 Å². The minimum absolute atomic E-state index is 0. The van der Waals surface area contributed by atoms with Crippen molar-refractivity contribution in [3.8, 4) is 0 Å². The molecule has 0 aromatic carbocycles. The first kappa shape index (κ1) is 9.53. The van der Waals surface area contributed by atoms with Crippen LogP contribution in [0.25, 0.3) is 0 Å². The van der Waals surface area contributed by atoms with Crippen LogP contribution in [0.1, 0.15) is 0 Å². The Labute approximate surface area is 55.4 Å². The average molecular weight is 185 g/mol. The third kappa shape index (κ3) is 36.0. The van der Waals surface area contributed by atoms with Crippen molar-refractivity contribution in [2.24, 2.45) is 0 Å². The van der Waals surface area contributed by atoms with E-state index in [0.717, 1.165) is 4.31 Å². The van der Waals surface area contributed by atoms with E-state index >= 15 is 0 Å². The fourth-order valence-electron chi connectivity index (χ4n) is 0. The first-order valence-corrected chi connectivity index (χ1v) is 3.28. The second-order valence-corrected chi connectivity index (χ2v) is 4.82. The zero-order valence-corrected chi connectivity index (χ0v) is 8.37. The Bertz CT molecular complexity index is 14.4. The van der Waals surface area contributed by atoms with E-state index in [1.807, 2.05) is 0 Å². The molecule has 0 amide bonds. The molecule has 4 heteroatoms. The quantitative estimate of drug-likeness (QED) is 0.428. The van der Waals surface area contributed by atoms with E-state index < -0.39 is 0 Å². The molecule has 0 bridgehead atoms. The zero-order chi connectivity index (χ0) is 3.58. The number of rotatable bonds is 0. The topological polar surface area (TPSA) is 0 Å². The summed E-state index contributed by atoms with van der Waals surface area (Å²) in [6.07, 6.45) is 0. The molecule has 0 N–H and O–H groups in total. The monoisotopic (exact) mass is 183 g/mol. The first-order valence-electron chi connectivity index (χ1n) is 1.56. The average Bonchev–Trinajstić information content (AvgIpc) is 0.811. The largest absolute Gasteiger partial charge is 0.114 e. The van der Waals surface area contributed by atoms with Crippen molar-refractivity contribution >= 4 is 32.7 Å². The Morgan fingerprint density at radius 2 is 1.40 bits per heavy atom. The summed E-state index contributed by atoms with van der Waals surface area (Å²) >= 11 is 1.43. The Balaban J connectivity index is 0. The fraction of sp³-hybridized carbons (Fsp3) is 1.00. The van der Waals surface area contributed by atoms with Crippen LogP contribution in [0.2, 0.25) is 4.31 Å². The van der Waals surface area contributed by atoms with E-state index in [1.54, 1.807) is 0 Å². The molecule has 0 rings (SSSR count). The van der Waals surface area contributed by atoms with E-state index in [0.29, 0.717) is 0 Å². The van der Waals surface area contributed by atoms with Crippen LogP contribution in [0.5, 0.6) is 0 Å². The number of halogens is 1. The van der Waals surface area contributed by atoms with Crippen LogP contribution in [-0.4, -0.2) is 15.7 Å². The van der Waals surface area contributed by atoms with Crippen molar-refractivity contribution in [3.63, 3.8) is 0 Å². The zero-order valence-electron chi connectivity index (χ0n) is 3.69. The minimum Gasteiger partial charge on any atom is -0.114 e. The van der Waals surface area contributed by atoms with E-state index in [4.69, 9.17) is 0 Å². The van der Waals surface area contributed by atoms with Gasteiger partial charge in [0.2, 0.25) is 0 Å². The summed E-state index contributed by atoms with van der Waals surface area (Å²) in [5.74, 6) is 0. The Kier molecular flexibility index (Phi) is 9.97. The maximum atomic E-state index is 2.22. The van der Waals surface area contributed by atoms with Gasteiger partial charge in [0.05, 0.1) is 0 Å². The molecule has 0 nitrogen and oxygen atoms in total. The molecule has 0 saturated carbocycles. The minimum atomic E-state index is 0. The van der Waals surface area contributed by atoms with Gasteiger partial charge in [0.15, 0.2) is 0 Å². The van der Waals surface area contributed by atoms with Gasteiger partial charge in [-0.15, -0.1) is 17.0 Å². The van der Waals surface area contributed by atoms with Crippen molar-refractivity contribution in [1.29, 1.82) is 0 Å². The normalized spacial score (nSPS) is 7.00. The molecule has 0 atom stereocenters. The Hall–Kier alpha value is 1.23. The van der Waals surface area contributed by atoms with Gasteiger partial charge in [-0.1, -0.05) is 0 Å². The molecule has 0 spiro atoms. The predicted molar refractivity (Wildman–Crippen MR) is 31.2 cm³/mol. The van der Waals surface area contributed by atoms with E-state index in [-0.39, 0.29) is 17.0 Å². The molecule has 0 aromatic rings. The third-order valence-corrected chi connectivity index (χ3v) is 0. The van der Waals surface area contributed by atoms with E-state index in [1.165, 1.54) is 18.3 Å². The Morgan fingerprint density at radius 1 is 1.40 bits per heavy atom. The summed E-state index contributed by atoms with van der Waals surface area (Å²) in [7, 11) is 4.44. The smallest absolute Gasteiger partial charge is 0.114 e. The van der Waals surface area contributed by atoms with Gasteiger partial charge in [0, 0.05) is 0 Å². The SMILES string of the molecule is B[CH](B)[Zn].Br. The van der Waals surface area contributed by atoms with E-state index in [9.17, 15) is 0 Å². The van der Waals surface area contributed by atoms with Gasteiger partial charge in [-0.25, -0.2) is 0 Å². The maximum Gasteiger partial charge on any atom is -0.114 e. The molecular formula is CH6B2BrZn. The number of hydrogen-bond acceptors (Lipinski definition) is 0. The Morgan fingerprint density at radius 3 is 1.40 bits per heavy atom. The molecule has 0 radical (unpaired) electrons. The van der Waals surface area contributed by atoms with Gasteiger partial charge in [0.25, 0.3) is 0 Å². The first-order chi connectivity index (χ1) is 1.73. The summed E-state index contributed by atoms with van der Waals surface area (Å²) in [5.41, 5.74) is 0. The van der Waals surface area contributed by atoms with Crippen LogP contribution >= 0.6 is 17.0 Å². The van der Waals surface area contributed by atoms with Gasteiger partial charge in [-0.3, -0.25) is 0 Å². The second kappa shape index (κ2) is 5.23. The van der Waals surface area contributed by atoms with Crippen molar-refractivity contribution in [1.82, 2.24) is 0 Å². The molecule has 0 fully saturated rings. The molecule has 25 valence electrons. The maximum absolute atomic E-state index is 2.22. The molecule has 0 aromatic heterocycles. The van der Waals surface area contributed by atoms with Crippen LogP contribution in [0.3, 0.4) is 0 Å². The van der Waals surface area contributed by atoms with Gasteiger partial charge >= 0.3 is 38.3 Å². The number of hydrogen-bond donors (Lipinski definition) is 0. The van der Waals surface area contributed by atoms with Crippen molar-refractivity contribution in [2.45, 2.75) is 4.31 Å². The van der Waals surface area contributed by atoms with Crippen LogP contribution in [0.15, 0.2) is 0 Å². The summed E-state index contributed by atoms with van der Waals surface area (Å²) in [6, 6.07) is 0. The van der Waals surface area contributed by atoms with Gasteiger partial charge in [-0.05, 0) is 0 Å². The fourth-order valence-corrected chi connectivity index (χ4v) is 0. The molecule has 0 saturated heterocycles. The van der Waals surface area contributed by atoms with Crippen LogP contribution in [-0.2, 0) is 18.3 Å². The summed E-state index contributed by atoms with van der Waals surface area (Å²) in [4.78, 5) is 0. The van der Waals surface area contributed by atoms with Crippen molar-refractivity contribution in [2.75, 3.05) is 0 Å². The van der Waals surface area contributed by atoms with E-state index in [2.05, 4.69) is 15.7 Å². The molecule has 0 aliphatic carbocycles. The third-order valence-electron chi connectivity index (χ3n) is 0. The molecule has 0 heterocycles. The summed E-state index contributed by atoms with van der Waals surface area (Å²) in [5, 5.41) is 0. The summed E-state index contributed by atoms with van der Waals surface area (Å²) < 4.78 is 0.958. The standard InChI is InChI=1S/CH5B2.BrH.Zn/c2-1-3;;/h1H,2-3H2;1H;. The molecule has 0 aliphatic rings. The van der Waals surface area contributed by atoms with Crippen molar-refractivity contribution in [3.05, 3.63) is 0 Å². The van der Waals surface area contributed by atoms with Crippen LogP contribution in [0.4, 0.5) is 0 Å². The van der Waals surface area contributed by atoms with Crippen molar-refractivity contribution < 1.29 is 18.3 Å². The predicted octanol–water partition coefficient (Wildman–Crippen LogP) is -0.919. The van der Waals surface area contributed by atoms with Gasteiger partial charge in [0.1, 0.15) is 0 Å². The van der Waals surface area contributed by atoms with Gasteiger partial charge in [-0.2, -0.15) is 0 Å². The molecule has 0 unspecified atom stereocenters. The van der Waals surface area contributed by atoms with Gasteiger partial charge < -0.3 is 0 Å². The van der Waals surface area contributed by atoms with Crippen LogP contribution in [0, 0.1) is 0 Å². The molecular weight excluding hydrogens is 179 g/mol. The molecule has 0 aliphatic heterocycles. The second-order valence-electron chi connectivity index (χ2n) is 1.39.